The van der Waals surface area contributed by atoms with Crippen LogP contribution in [0.4, 0.5) is 26.3 Å². The lowest BCUT2D eigenvalue weighted by molar-refractivity contribution is -0.322. The number of methoxy groups -OCH3 is 1. The van der Waals surface area contributed by atoms with Crippen LogP contribution < -0.4 is 26.6 Å². The van der Waals surface area contributed by atoms with Crippen LogP contribution in [-0.4, -0.2) is 55.1 Å². The van der Waals surface area contributed by atoms with Gasteiger partial charge in [-0.15, -0.1) is 0 Å². The predicted octanol–water partition coefficient (Wildman–Crippen LogP) is 7.51. The Kier molecular flexibility index (Phi) is 12.1. The van der Waals surface area contributed by atoms with E-state index in [0.717, 1.165) is 43.4 Å². The summed E-state index contributed by atoms with van der Waals surface area (Å²) in [6.07, 6.45) is 3.79. The molecule has 1 heterocycles. The number of halogens is 6. The number of carbonyl (C=O) groups is 1. The van der Waals surface area contributed by atoms with E-state index < -0.39 is 65.3 Å². The molecule has 49 heavy (non-hydrogen) atoms. The molecule has 0 saturated carbocycles. The average Bonchev–Trinajstić information content (AvgIpc) is 3.00. The summed E-state index contributed by atoms with van der Waals surface area (Å²) in [5.74, 6) is -19.7. The Morgan fingerprint density at radius 2 is 1.53 bits per heavy atom. The number of fused-ring (bicyclic) bond motifs is 1. The Labute approximate surface area is 281 Å². The van der Waals surface area contributed by atoms with Crippen molar-refractivity contribution in [1.82, 2.24) is 0 Å². The van der Waals surface area contributed by atoms with Crippen LogP contribution >= 0.6 is 0 Å². The van der Waals surface area contributed by atoms with Crippen LogP contribution in [0.25, 0.3) is 22.1 Å². The zero-order chi connectivity index (χ0) is 37.0. The van der Waals surface area contributed by atoms with Crippen LogP contribution in [0.15, 0.2) is 51.7 Å². The molecular formula is C35H44F6N2O6. The van der Waals surface area contributed by atoms with Crippen molar-refractivity contribution >= 4 is 16.9 Å². The second-order valence-corrected chi connectivity index (χ2v) is 13.6. The van der Waals surface area contributed by atoms with Gasteiger partial charge in [-0.05, 0) is 76.8 Å². The topological polar surface area (TPSA) is 127 Å². The number of hydrogen-bond acceptors (Lipinski definition) is 8. The van der Waals surface area contributed by atoms with Gasteiger partial charge in [-0.3, -0.25) is 4.79 Å². The molecule has 272 valence electrons. The van der Waals surface area contributed by atoms with Crippen molar-refractivity contribution in [2.75, 3.05) is 20.3 Å². The first-order valence-electron chi connectivity index (χ1n) is 15.8. The molecule has 0 radical (unpaired) electrons. The van der Waals surface area contributed by atoms with E-state index in [1.807, 2.05) is 12.1 Å². The van der Waals surface area contributed by atoms with Crippen LogP contribution in [-0.2, 0) is 16.0 Å². The standard InChI is InChI=1S/C35H44F6N2O6/c1-7-8-9-10-21-11-14-24(28(15-21)46-6)25-16-22-12-13-23(17-27(22)49-29(25)44)47-19-33(36,37)35(40,41)34(38,39)20-48-30(45)26(32(4,5)43)18-31(2,3)42/h11-17,26H,7-10,18-20,42-43H2,1-6H3. The maximum Gasteiger partial charge on any atom is 0.378 e. The van der Waals surface area contributed by atoms with Crippen molar-refractivity contribution in [2.45, 2.75) is 95.6 Å². The van der Waals surface area contributed by atoms with Gasteiger partial charge in [-0.1, -0.05) is 31.9 Å². The van der Waals surface area contributed by atoms with Crippen molar-refractivity contribution in [3.8, 4) is 22.6 Å². The molecule has 0 spiro atoms. The summed E-state index contributed by atoms with van der Waals surface area (Å²) in [4.78, 5) is 25.5. The third-order valence-corrected chi connectivity index (χ3v) is 7.98. The summed E-state index contributed by atoms with van der Waals surface area (Å²) in [7, 11) is 1.46. The number of benzene rings is 2. The smallest absolute Gasteiger partial charge is 0.378 e. The molecule has 0 fully saturated rings. The van der Waals surface area contributed by atoms with E-state index in [2.05, 4.69) is 11.7 Å². The number of carbonyl (C=O) groups excluding carboxylic acids is 1. The van der Waals surface area contributed by atoms with Gasteiger partial charge in [-0.25, -0.2) is 4.79 Å². The van der Waals surface area contributed by atoms with Gasteiger partial charge in [0.1, 0.15) is 17.1 Å². The molecule has 3 rings (SSSR count). The number of nitrogens with two attached hydrogens (primary N) is 2. The van der Waals surface area contributed by atoms with E-state index in [4.69, 9.17) is 25.4 Å². The third-order valence-electron chi connectivity index (χ3n) is 7.98. The third kappa shape index (κ3) is 9.68. The van der Waals surface area contributed by atoms with Crippen molar-refractivity contribution in [3.05, 3.63) is 58.4 Å². The zero-order valence-corrected chi connectivity index (χ0v) is 28.4. The fourth-order valence-electron chi connectivity index (χ4n) is 5.12. The lowest BCUT2D eigenvalue weighted by Gasteiger charge is -2.35. The van der Waals surface area contributed by atoms with Crippen LogP contribution in [0.2, 0.25) is 0 Å². The van der Waals surface area contributed by atoms with Crippen molar-refractivity contribution in [2.24, 2.45) is 17.4 Å². The molecule has 0 bridgehead atoms. The first kappa shape index (κ1) is 39.7. The number of hydrogen-bond donors (Lipinski definition) is 2. The predicted molar refractivity (Wildman–Crippen MR) is 174 cm³/mol. The fraction of sp³-hybridized carbons (Fsp3) is 0.543. The lowest BCUT2D eigenvalue weighted by atomic mass is 9.80. The number of rotatable bonds is 17. The van der Waals surface area contributed by atoms with Gasteiger partial charge in [0.05, 0.1) is 18.6 Å². The van der Waals surface area contributed by atoms with Gasteiger partial charge in [-0.2, -0.15) is 26.3 Å². The highest BCUT2D eigenvalue weighted by atomic mass is 19.3. The van der Waals surface area contributed by atoms with Crippen molar-refractivity contribution < 1.29 is 49.8 Å². The summed E-state index contributed by atoms with van der Waals surface area (Å²) in [5, 5.41) is 0.332. The van der Waals surface area contributed by atoms with E-state index in [0.29, 0.717) is 16.7 Å². The second-order valence-electron chi connectivity index (χ2n) is 13.6. The average molecular weight is 703 g/mol. The Bertz CT molecular complexity index is 1660. The molecule has 0 aliphatic carbocycles. The molecule has 4 N–H and O–H groups in total. The molecule has 8 nitrogen and oxygen atoms in total. The molecule has 1 unspecified atom stereocenters. The number of esters is 1. The highest BCUT2D eigenvalue weighted by Gasteiger charge is 2.72. The Morgan fingerprint density at radius 3 is 2.12 bits per heavy atom. The van der Waals surface area contributed by atoms with E-state index >= 15 is 0 Å². The van der Waals surface area contributed by atoms with E-state index in [9.17, 15) is 35.9 Å². The summed E-state index contributed by atoms with van der Waals surface area (Å²) >= 11 is 0. The SMILES string of the molecule is CCCCCc1ccc(-c2cc3ccc(OCC(F)(F)C(F)(F)C(F)(F)COC(=O)C(CC(C)(C)N)C(C)(C)N)cc3oc2=O)c(OC)c1. The van der Waals surface area contributed by atoms with Gasteiger partial charge >= 0.3 is 29.4 Å². The largest absolute Gasteiger partial charge is 0.496 e. The van der Waals surface area contributed by atoms with E-state index in [-0.39, 0.29) is 17.6 Å². The molecule has 0 saturated heterocycles. The monoisotopic (exact) mass is 702 g/mol. The molecule has 3 aromatic rings. The van der Waals surface area contributed by atoms with Crippen LogP contribution in [0.1, 0.15) is 65.9 Å². The van der Waals surface area contributed by atoms with Gasteiger partial charge in [0.15, 0.2) is 13.2 Å². The fourth-order valence-corrected chi connectivity index (χ4v) is 5.12. The van der Waals surface area contributed by atoms with Crippen LogP contribution in [0, 0.1) is 5.92 Å². The number of ether oxygens (including phenoxy) is 3. The van der Waals surface area contributed by atoms with Crippen LogP contribution in [0.3, 0.4) is 0 Å². The molecular weight excluding hydrogens is 658 g/mol. The number of alkyl halides is 6. The summed E-state index contributed by atoms with van der Waals surface area (Å²) in [6.45, 7) is 3.38. The molecule has 0 aliphatic rings. The first-order valence-corrected chi connectivity index (χ1v) is 15.8. The van der Waals surface area contributed by atoms with Gasteiger partial charge < -0.3 is 30.1 Å². The summed E-state index contributed by atoms with van der Waals surface area (Å²) < 4.78 is 108. The minimum absolute atomic E-state index is 0.133. The number of unbranched alkanes of at least 4 members (excludes halogenated alkanes) is 2. The quantitative estimate of drug-likeness (QED) is 0.0641. The Morgan fingerprint density at radius 1 is 0.878 bits per heavy atom. The minimum atomic E-state index is -6.01. The molecule has 0 amide bonds. The Balaban J connectivity index is 1.76. The zero-order valence-electron chi connectivity index (χ0n) is 28.4. The molecule has 1 aromatic heterocycles. The molecule has 14 heteroatoms. The Hall–Kier alpha value is -3.78. The van der Waals surface area contributed by atoms with E-state index in [1.54, 1.807) is 6.07 Å². The van der Waals surface area contributed by atoms with Gasteiger partial charge in [0.2, 0.25) is 0 Å². The summed E-state index contributed by atoms with van der Waals surface area (Å²) in [5.41, 5.74) is 10.2. The van der Waals surface area contributed by atoms with E-state index in [1.165, 1.54) is 46.9 Å². The highest BCUT2D eigenvalue weighted by molar-refractivity contribution is 5.84. The number of aryl methyl sites for hydroxylation is 1. The first-order chi connectivity index (χ1) is 22.5. The maximum atomic E-state index is 14.7. The normalized spacial score (nSPS) is 13.8. The highest BCUT2D eigenvalue weighted by Crippen LogP contribution is 2.46. The van der Waals surface area contributed by atoms with Crippen LogP contribution in [0.5, 0.6) is 11.5 Å². The minimum Gasteiger partial charge on any atom is -0.496 e. The van der Waals surface area contributed by atoms with Gasteiger partial charge in [0, 0.05) is 28.1 Å². The van der Waals surface area contributed by atoms with Gasteiger partial charge in [0.25, 0.3) is 0 Å². The molecule has 2 aromatic carbocycles. The molecule has 1 atom stereocenters. The lowest BCUT2D eigenvalue weighted by Crippen LogP contribution is -2.59. The van der Waals surface area contributed by atoms with Crippen molar-refractivity contribution in [1.29, 1.82) is 0 Å². The summed E-state index contributed by atoms with van der Waals surface area (Å²) in [6, 6.07) is 10.4. The maximum absolute atomic E-state index is 14.7. The van der Waals surface area contributed by atoms with Crippen molar-refractivity contribution in [3.63, 3.8) is 0 Å². The molecule has 0 aliphatic heterocycles. The second kappa shape index (κ2) is 15.0.